The monoisotopic (exact) mass is 785 g/mol. The predicted octanol–water partition coefficient (Wildman–Crippen LogP) is 17.2. The molecule has 2 heterocycles. The summed E-state index contributed by atoms with van der Waals surface area (Å²) in [7, 11) is 0. The molecule has 0 saturated heterocycles. The smallest absolute Gasteiger partial charge is 0.136 e. The van der Waals surface area contributed by atoms with Crippen molar-refractivity contribution < 1.29 is 8.83 Å². The highest BCUT2D eigenvalue weighted by Gasteiger charge is 2.25. The van der Waals surface area contributed by atoms with Crippen molar-refractivity contribution in [1.82, 2.24) is 0 Å². The van der Waals surface area contributed by atoms with Gasteiger partial charge in [-0.05, 0) is 112 Å². The lowest BCUT2D eigenvalue weighted by atomic mass is 9.80. The van der Waals surface area contributed by atoms with Crippen molar-refractivity contribution in [3.8, 4) is 33.4 Å². The number of hydrogen-bond acceptors (Lipinski definition) is 3. The number of para-hydroxylation sites is 4. The zero-order valence-electron chi connectivity index (χ0n) is 33.9. The fraction of sp³-hybridized carbons (Fsp3) is 0.103. The number of fused-ring (bicyclic) bond motifs is 7. The van der Waals surface area contributed by atoms with Gasteiger partial charge in [-0.15, -0.1) is 0 Å². The van der Waals surface area contributed by atoms with E-state index in [4.69, 9.17) is 8.83 Å². The average Bonchev–Trinajstić information content (AvgIpc) is 3.91. The largest absolute Gasteiger partial charge is 0.456 e. The van der Waals surface area contributed by atoms with E-state index in [2.05, 4.69) is 181 Å². The van der Waals surface area contributed by atoms with Gasteiger partial charge >= 0.3 is 0 Å². The summed E-state index contributed by atoms with van der Waals surface area (Å²) in [6, 6.07) is 70.4. The molecule has 3 nitrogen and oxygen atoms in total. The van der Waals surface area contributed by atoms with Crippen LogP contribution in [0.3, 0.4) is 0 Å². The molecule has 0 aliphatic heterocycles. The predicted molar refractivity (Wildman–Crippen MR) is 255 cm³/mol. The molecule has 9 aromatic carbocycles. The maximum absolute atomic E-state index is 6.44. The lowest BCUT2D eigenvalue weighted by Gasteiger charge is -2.31. The molecule has 1 aliphatic carbocycles. The van der Waals surface area contributed by atoms with E-state index in [1.54, 1.807) is 0 Å². The van der Waals surface area contributed by atoms with E-state index in [9.17, 15) is 0 Å². The first-order chi connectivity index (χ1) is 30.3. The van der Waals surface area contributed by atoms with Crippen molar-refractivity contribution in [2.24, 2.45) is 0 Å². The molecule has 0 N–H and O–H groups in total. The Morgan fingerprint density at radius 1 is 0.377 bits per heavy atom. The third kappa shape index (κ3) is 6.03. The number of anilines is 3. The standard InChI is InChI=1S/C58H43NO2/c1-2-15-39(16-3-1)43-23-12-17-40-18-13-24-47(57(40)43)44-19-4-8-26-51(44)59(42-34-31-38(32-35-42)41-33-36-55-50(37-41)46-21-6-10-28-53(46)60-55)52-27-9-5-20-45(52)48-25-14-30-56-58(48)49-22-7-11-29-54(49)61-56/h4-14,17-37,39H,1-3,15-16H2. The van der Waals surface area contributed by atoms with Crippen LogP contribution in [0.4, 0.5) is 17.1 Å². The maximum Gasteiger partial charge on any atom is 0.136 e. The third-order valence-corrected chi connectivity index (χ3v) is 13.1. The van der Waals surface area contributed by atoms with Crippen LogP contribution in [0.2, 0.25) is 0 Å². The molecule has 0 amide bonds. The summed E-state index contributed by atoms with van der Waals surface area (Å²) in [4.78, 5) is 2.48. The van der Waals surface area contributed by atoms with Crippen LogP contribution in [0.25, 0.3) is 88.0 Å². The van der Waals surface area contributed by atoms with Gasteiger partial charge < -0.3 is 13.7 Å². The minimum absolute atomic E-state index is 0.569. The van der Waals surface area contributed by atoms with Crippen LogP contribution in [-0.4, -0.2) is 0 Å². The molecule has 0 spiro atoms. The van der Waals surface area contributed by atoms with Gasteiger partial charge in [-0.25, -0.2) is 0 Å². The molecule has 1 fully saturated rings. The Balaban J connectivity index is 1.07. The van der Waals surface area contributed by atoms with Crippen molar-refractivity contribution in [3.05, 3.63) is 200 Å². The number of nitrogens with zero attached hydrogens (tertiary/aromatic N) is 1. The topological polar surface area (TPSA) is 29.5 Å². The summed E-state index contributed by atoms with van der Waals surface area (Å²) >= 11 is 0. The Bertz CT molecular complexity index is 3410. The summed E-state index contributed by atoms with van der Waals surface area (Å²) < 4.78 is 12.6. The first-order valence-corrected chi connectivity index (χ1v) is 21.7. The van der Waals surface area contributed by atoms with Gasteiger partial charge in [0, 0.05) is 38.4 Å². The van der Waals surface area contributed by atoms with Crippen molar-refractivity contribution in [3.63, 3.8) is 0 Å². The lowest BCUT2D eigenvalue weighted by Crippen LogP contribution is -2.12. The quantitative estimate of drug-likeness (QED) is 0.161. The summed E-state index contributed by atoms with van der Waals surface area (Å²) in [6.45, 7) is 0. The highest BCUT2D eigenvalue weighted by molar-refractivity contribution is 6.14. The number of rotatable bonds is 7. The van der Waals surface area contributed by atoms with E-state index in [0.29, 0.717) is 5.92 Å². The summed E-state index contributed by atoms with van der Waals surface area (Å²) in [6.07, 6.45) is 6.43. The van der Waals surface area contributed by atoms with E-state index in [0.717, 1.165) is 83.2 Å². The van der Waals surface area contributed by atoms with E-state index >= 15 is 0 Å². The zero-order chi connectivity index (χ0) is 40.3. The highest BCUT2D eigenvalue weighted by Crippen LogP contribution is 2.49. The van der Waals surface area contributed by atoms with Crippen LogP contribution < -0.4 is 4.90 Å². The molecule has 12 rings (SSSR count). The van der Waals surface area contributed by atoms with Crippen LogP contribution >= 0.6 is 0 Å². The van der Waals surface area contributed by atoms with Crippen LogP contribution in [0.1, 0.15) is 43.6 Å². The van der Waals surface area contributed by atoms with Crippen molar-refractivity contribution >= 4 is 71.7 Å². The molecule has 0 unspecified atom stereocenters. The molecule has 3 heteroatoms. The van der Waals surface area contributed by atoms with Crippen LogP contribution in [0.5, 0.6) is 0 Å². The van der Waals surface area contributed by atoms with E-state index < -0.39 is 0 Å². The molecule has 1 saturated carbocycles. The highest BCUT2D eigenvalue weighted by atomic mass is 16.3. The van der Waals surface area contributed by atoms with Gasteiger partial charge in [0.25, 0.3) is 0 Å². The Labute approximate surface area is 355 Å². The Kier molecular flexibility index (Phi) is 8.59. The molecule has 1 aliphatic rings. The van der Waals surface area contributed by atoms with E-state index in [-0.39, 0.29) is 0 Å². The van der Waals surface area contributed by atoms with E-state index in [1.165, 1.54) is 59.6 Å². The number of hydrogen-bond donors (Lipinski definition) is 0. The first-order valence-electron chi connectivity index (χ1n) is 21.7. The minimum Gasteiger partial charge on any atom is -0.456 e. The summed E-state index contributed by atoms with van der Waals surface area (Å²) in [5.41, 5.74) is 15.5. The molecule has 11 aromatic rings. The second-order valence-electron chi connectivity index (χ2n) is 16.6. The fourth-order valence-electron chi connectivity index (χ4n) is 10.3. The Morgan fingerprint density at radius 3 is 1.67 bits per heavy atom. The van der Waals surface area contributed by atoms with Gasteiger partial charge in [0.1, 0.15) is 22.3 Å². The molecule has 0 radical (unpaired) electrons. The van der Waals surface area contributed by atoms with Gasteiger partial charge in [-0.1, -0.05) is 159 Å². The molecule has 292 valence electrons. The van der Waals surface area contributed by atoms with Crippen LogP contribution in [0, 0.1) is 0 Å². The molecule has 0 bridgehead atoms. The van der Waals surface area contributed by atoms with Gasteiger partial charge in [-0.3, -0.25) is 0 Å². The Morgan fingerprint density at radius 2 is 0.918 bits per heavy atom. The molecule has 61 heavy (non-hydrogen) atoms. The van der Waals surface area contributed by atoms with Crippen molar-refractivity contribution in [1.29, 1.82) is 0 Å². The first kappa shape index (κ1) is 35.6. The van der Waals surface area contributed by atoms with Gasteiger partial charge in [0.2, 0.25) is 0 Å². The van der Waals surface area contributed by atoms with Crippen molar-refractivity contribution in [2.75, 3.05) is 4.90 Å². The van der Waals surface area contributed by atoms with Crippen LogP contribution in [-0.2, 0) is 0 Å². The maximum atomic E-state index is 6.44. The molecular weight excluding hydrogens is 743 g/mol. The number of benzene rings is 9. The minimum atomic E-state index is 0.569. The third-order valence-electron chi connectivity index (χ3n) is 13.1. The van der Waals surface area contributed by atoms with E-state index in [1.807, 2.05) is 18.2 Å². The summed E-state index contributed by atoms with van der Waals surface area (Å²) in [5, 5.41) is 7.19. The zero-order valence-corrected chi connectivity index (χ0v) is 33.9. The van der Waals surface area contributed by atoms with Gasteiger partial charge in [0.15, 0.2) is 0 Å². The average molecular weight is 786 g/mol. The summed E-state index contributed by atoms with van der Waals surface area (Å²) in [5.74, 6) is 0.569. The lowest BCUT2D eigenvalue weighted by molar-refractivity contribution is 0.445. The molecule has 2 aromatic heterocycles. The second kappa shape index (κ2) is 14.7. The van der Waals surface area contributed by atoms with Gasteiger partial charge in [-0.2, -0.15) is 0 Å². The fourth-order valence-corrected chi connectivity index (χ4v) is 10.3. The normalized spacial score (nSPS) is 13.5. The second-order valence-corrected chi connectivity index (χ2v) is 16.6. The van der Waals surface area contributed by atoms with Crippen molar-refractivity contribution in [2.45, 2.75) is 38.0 Å². The molecular formula is C58H43NO2. The SMILES string of the molecule is c1ccc(N(c2ccc(-c3ccc4oc5ccccc5c4c3)cc2)c2ccccc2-c2cccc3oc4ccccc4c23)c(-c2cccc3cccc(C4CCCCC4)c23)c1. The van der Waals surface area contributed by atoms with Crippen LogP contribution in [0.15, 0.2) is 203 Å². The Hall–Kier alpha value is -7.36. The van der Waals surface area contributed by atoms with Gasteiger partial charge in [0.05, 0.1) is 11.4 Å². The molecule has 0 atom stereocenters. The number of furan rings is 2.